The summed E-state index contributed by atoms with van der Waals surface area (Å²) < 4.78 is 0. The number of aliphatic hydroxyl groups is 1. The van der Waals surface area contributed by atoms with Crippen LogP contribution in [0.1, 0.15) is 30.6 Å². The van der Waals surface area contributed by atoms with Crippen LogP contribution in [0.2, 0.25) is 0 Å². The number of aryl methyl sites for hydroxylation is 1. The Bertz CT molecular complexity index is 1760. The van der Waals surface area contributed by atoms with Crippen LogP contribution in [0, 0.1) is 12.8 Å². The number of nitrogens with zero attached hydrogens (tertiary/aromatic N) is 4. The van der Waals surface area contributed by atoms with E-state index >= 15 is 0 Å². The van der Waals surface area contributed by atoms with Crippen LogP contribution in [0.3, 0.4) is 0 Å². The van der Waals surface area contributed by atoms with Crippen LogP contribution in [-0.4, -0.2) is 41.5 Å². The van der Waals surface area contributed by atoms with Gasteiger partial charge in [-0.2, -0.15) is 5.10 Å². The summed E-state index contributed by atoms with van der Waals surface area (Å²) in [4.78, 5) is 19.6. The van der Waals surface area contributed by atoms with E-state index in [0.29, 0.717) is 17.4 Å². The number of thiophene rings is 1. The fourth-order valence-corrected chi connectivity index (χ4v) is 6.32. The minimum absolute atomic E-state index is 0.297. The number of hydrogen-bond donors (Lipinski definition) is 4. The van der Waals surface area contributed by atoms with Gasteiger partial charge in [0.1, 0.15) is 11.9 Å². The molecule has 5 heterocycles. The number of fused-ring (bicyclic) bond motifs is 2. The Morgan fingerprint density at radius 2 is 1.95 bits per heavy atom. The molecule has 0 saturated heterocycles. The van der Waals surface area contributed by atoms with Gasteiger partial charge in [-0.3, -0.25) is 10.1 Å². The highest BCUT2D eigenvalue weighted by Crippen LogP contribution is 2.35. The molecule has 0 spiro atoms. The summed E-state index contributed by atoms with van der Waals surface area (Å²) in [5.41, 5.74) is 7.11. The summed E-state index contributed by atoms with van der Waals surface area (Å²) in [6.07, 6.45) is 9.35. The first-order valence-electron chi connectivity index (χ1n) is 12.9. The Labute approximate surface area is 223 Å². The summed E-state index contributed by atoms with van der Waals surface area (Å²) in [7, 11) is 0. The van der Waals surface area contributed by atoms with E-state index in [0.717, 1.165) is 57.3 Å². The van der Waals surface area contributed by atoms with E-state index in [4.69, 9.17) is 4.98 Å². The van der Waals surface area contributed by atoms with E-state index in [-0.39, 0.29) is 0 Å². The minimum atomic E-state index is -0.554. The van der Waals surface area contributed by atoms with E-state index in [1.165, 1.54) is 22.6 Å². The number of benzene rings is 1. The Kier molecular flexibility index (Phi) is 5.67. The highest BCUT2D eigenvalue weighted by molar-refractivity contribution is 7.15. The molecule has 0 bridgehead atoms. The van der Waals surface area contributed by atoms with Crippen LogP contribution in [-0.2, 0) is 0 Å². The number of imidazole rings is 1. The zero-order valence-corrected chi connectivity index (χ0v) is 21.7. The first kappa shape index (κ1) is 23.1. The van der Waals surface area contributed by atoms with Crippen molar-refractivity contribution in [2.75, 3.05) is 5.32 Å². The van der Waals surface area contributed by atoms with Crippen molar-refractivity contribution in [1.29, 1.82) is 0 Å². The number of H-pyrrole nitrogens is 2. The minimum Gasteiger partial charge on any atom is -0.374 e. The largest absolute Gasteiger partial charge is 0.374 e. The van der Waals surface area contributed by atoms with Crippen LogP contribution in [0.15, 0.2) is 61.1 Å². The standard InChI is InChI=1S/C29H27N7OS/c1-16-6-9-24(38-16)21-10-11-31-27-25(21)33-28(34-27)26-22-13-18(7-8-23(22)35-36-26)19-12-20(15-30-14-19)32-29(37)17-4-2-3-5-17/h6-15,17,29,32,37H,2-5H2,1H3,(H,35,36)(H,31,33,34). The van der Waals surface area contributed by atoms with Gasteiger partial charge in [0.15, 0.2) is 11.5 Å². The van der Waals surface area contributed by atoms with Gasteiger partial charge >= 0.3 is 0 Å². The number of rotatable bonds is 6. The molecule has 8 nitrogen and oxygen atoms in total. The summed E-state index contributed by atoms with van der Waals surface area (Å²) in [5, 5.41) is 22.6. The summed E-state index contributed by atoms with van der Waals surface area (Å²) in [6.45, 7) is 2.11. The molecule has 0 aliphatic heterocycles. The monoisotopic (exact) mass is 521 g/mol. The molecule has 0 amide bonds. The fraction of sp³-hybridized carbons (Fsp3) is 0.241. The highest BCUT2D eigenvalue weighted by Gasteiger charge is 2.23. The zero-order valence-electron chi connectivity index (χ0n) is 20.9. The van der Waals surface area contributed by atoms with Crippen molar-refractivity contribution >= 4 is 39.1 Å². The molecule has 9 heteroatoms. The maximum absolute atomic E-state index is 10.6. The number of anilines is 1. The molecule has 1 aromatic carbocycles. The molecule has 1 aliphatic rings. The van der Waals surface area contributed by atoms with Crippen molar-refractivity contribution in [2.45, 2.75) is 38.8 Å². The molecule has 0 radical (unpaired) electrons. The lowest BCUT2D eigenvalue weighted by Crippen LogP contribution is -2.26. The quantitative estimate of drug-likeness (QED) is 0.186. The van der Waals surface area contributed by atoms with E-state index in [2.05, 4.69) is 61.7 Å². The lowest BCUT2D eigenvalue weighted by atomic mass is 10.0. The second-order valence-corrected chi connectivity index (χ2v) is 11.3. The van der Waals surface area contributed by atoms with Gasteiger partial charge in [-0.25, -0.2) is 9.97 Å². The van der Waals surface area contributed by atoms with Crippen LogP contribution in [0.5, 0.6) is 0 Å². The van der Waals surface area contributed by atoms with Gasteiger partial charge in [-0.15, -0.1) is 11.3 Å². The highest BCUT2D eigenvalue weighted by atomic mass is 32.1. The summed E-state index contributed by atoms with van der Waals surface area (Å²) >= 11 is 1.75. The lowest BCUT2D eigenvalue weighted by Gasteiger charge is -2.20. The van der Waals surface area contributed by atoms with Crippen molar-refractivity contribution in [3.63, 3.8) is 0 Å². The lowest BCUT2D eigenvalue weighted by molar-refractivity contribution is 0.137. The van der Waals surface area contributed by atoms with E-state index in [1.807, 2.05) is 24.4 Å². The number of nitrogens with one attached hydrogen (secondary N) is 3. The number of hydrogen-bond acceptors (Lipinski definition) is 7. The first-order chi connectivity index (χ1) is 18.6. The topological polar surface area (TPSA) is 115 Å². The molecular weight excluding hydrogens is 494 g/mol. The van der Waals surface area contributed by atoms with Crippen molar-refractivity contribution in [3.05, 3.63) is 65.9 Å². The van der Waals surface area contributed by atoms with Gasteiger partial charge in [0, 0.05) is 44.6 Å². The second kappa shape index (κ2) is 9.34. The normalized spacial score (nSPS) is 15.0. The van der Waals surface area contributed by atoms with Crippen LogP contribution >= 0.6 is 11.3 Å². The van der Waals surface area contributed by atoms with Crippen molar-refractivity contribution < 1.29 is 5.11 Å². The summed E-state index contributed by atoms with van der Waals surface area (Å²) in [6, 6.07) is 14.5. The Morgan fingerprint density at radius 1 is 1.05 bits per heavy atom. The van der Waals surface area contributed by atoms with Gasteiger partial charge in [-0.1, -0.05) is 18.9 Å². The van der Waals surface area contributed by atoms with E-state index < -0.39 is 6.23 Å². The van der Waals surface area contributed by atoms with Gasteiger partial charge in [0.05, 0.1) is 22.9 Å². The van der Waals surface area contributed by atoms with Gasteiger partial charge in [-0.05, 0) is 61.7 Å². The molecule has 1 atom stereocenters. The predicted octanol–water partition coefficient (Wildman–Crippen LogP) is 6.52. The fourth-order valence-electron chi connectivity index (χ4n) is 5.42. The number of pyridine rings is 2. The van der Waals surface area contributed by atoms with Gasteiger partial charge in [0.2, 0.25) is 0 Å². The number of aromatic amines is 2. The van der Waals surface area contributed by atoms with E-state index in [9.17, 15) is 5.11 Å². The summed E-state index contributed by atoms with van der Waals surface area (Å²) in [5.74, 6) is 0.969. The van der Waals surface area contributed by atoms with Crippen LogP contribution in [0.4, 0.5) is 5.69 Å². The molecule has 1 saturated carbocycles. The van der Waals surface area contributed by atoms with Crippen molar-refractivity contribution in [2.24, 2.45) is 5.92 Å². The molecule has 5 aromatic heterocycles. The molecule has 7 rings (SSSR count). The first-order valence-corrected chi connectivity index (χ1v) is 13.7. The average molecular weight is 522 g/mol. The van der Waals surface area contributed by atoms with E-state index in [1.54, 1.807) is 23.7 Å². The zero-order chi connectivity index (χ0) is 25.6. The Morgan fingerprint density at radius 3 is 2.79 bits per heavy atom. The average Bonchev–Trinajstić information content (AvgIpc) is 3.74. The van der Waals surface area contributed by atoms with Crippen LogP contribution in [0.25, 0.3) is 55.2 Å². The smallest absolute Gasteiger partial charge is 0.178 e. The molecule has 4 N–H and O–H groups in total. The predicted molar refractivity (Wildman–Crippen MR) is 152 cm³/mol. The van der Waals surface area contributed by atoms with Crippen LogP contribution < -0.4 is 5.32 Å². The Balaban J connectivity index is 1.24. The molecular formula is C29H27N7OS. The third-order valence-corrected chi connectivity index (χ3v) is 8.45. The third kappa shape index (κ3) is 4.13. The third-order valence-electron chi connectivity index (χ3n) is 7.42. The molecule has 1 fully saturated rings. The van der Waals surface area contributed by atoms with Gasteiger partial charge < -0.3 is 15.4 Å². The maximum Gasteiger partial charge on any atom is 0.178 e. The molecule has 190 valence electrons. The Hall–Kier alpha value is -4.08. The molecule has 6 aromatic rings. The molecule has 1 aliphatic carbocycles. The second-order valence-electron chi connectivity index (χ2n) is 9.98. The number of aromatic nitrogens is 6. The molecule has 38 heavy (non-hydrogen) atoms. The SMILES string of the molecule is Cc1ccc(-c2ccnc3nc(-c4n[nH]c5ccc(-c6cncc(NC(O)C7CCCC7)c6)cc45)[nH]c23)s1. The van der Waals surface area contributed by atoms with Crippen molar-refractivity contribution in [3.8, 4) is 33.1 Å². The maximum atomic E-state index is 10.6. The number of aliphatic hydroxyl groups excluding tert-OH is 1. The van der Waals surface area contributed by atoms with Gasteiger partial charge in [0.25, 0.3) is 0 Å². The van der Waals surface area contributed by atoms with Crippen molar-refractivity contribution in [1.82, 2.24) is 30.1 Å². The molecule has 1 unspecified atom stereocenters.